The highest BCUT2D eigenvalue weighted by molar-refractivity contribution is 8.05. The SMILES string of the molecule is O=S(=O)(NS(=O)(=O)C(F)(C(F)(F)F)C(F)(F)C(F)(F)F)c1cc(C(F)(F)F)cc(C(F)(F)F)c1. The molecule has 1 aromatic carbocycles. The normalized spacial score (nSPS) is 16.9. The molecule has 1 aromatic rings. The number of alkyl halides is 15. The summed E-state index contributed by atoms with van der Waals surface area (Å²) in [4.78, 5) is -2.53. The fourth-order valence-electron chi connectivity index (χ4n) is 2.01. The average Bonchev–Trinajstić information content (AvgIpc) is 2.55. The molecule has 5 nitrogen and oxygen atoms in total. The minimum Gasteiger partial charge on any atom is -0.207 e. The van der Waals surface area contributed by atoms with Gasteiger partial charge < -0.3 is 0 Å². The van der Waals surface area contributed by atoms with E-state index in [4.69, 9.17) is 0 Å². The van der Waals surface area contributed by atoms with Crippen LogP contribution in [-0.2, 0) is 32.4 Å². The minimum absolute atomic E-state index is 0.634. The molecule has 1 atom stereocenters. The lowest BCUT2D eigenvalue weighted by Crippen LogP contribution is -2.68. The van der Waals surface area contributed by atoms with Crippen LogP contribution in [-0.4, -0.2) is 40.1 Å². The maximum absolute atomic E-state index is 14.1. The summed E-state index contributed by atoms with van der Waals surface area (Å²) in [6, 6.07) is -2.45. The third-order valence-electron chi connectivity index (χ3n) is 3.59. The van der Waals surface area contributed by atoms with Gasteiger partial charge in [-0.05, 0) is 18.2 Å². The van der Waals surface area contributed by atoms with E-state index in [0.29, 0.717) is 0 Å². The van der Waals surface area contributed by atoms with E-state index in [-0.39, 0.29) is 0 Å². The Balaban J connectivity index is 3.87. The summed E-state index contributed by atoms with van der Waals surface area (Å²) in [6.07, 6.45) is -27.1. The van der Waals surface area contributed by atoms with Gasteiger partial charge in [-0.25, -0.2) is 21.2 Å². The van der Waals surface area contributed by atoms with Gasteiger partial charge in [0.05, 0.1) is 16.0 Å². The third kappa shape index (κ3) is 5.16. The number of hydrogen-bond acceptors (Lipinski definition) is 4. The molecule has 1 unspecified atom stereocenters. The Hall–Kier alpha value is -1.97. The van der Waals surface area contributed by atoms with Gasteiger partial charge in [-0.3, -0.25) is 0 Å². The lowest BCUT2D eigenvalue weighted by molar-refractivity contribution is -0.358. The van der Waals surface area contributed by atoms with Gasteiger partial charge in [0.2, 0.25) is 0 Å². The van der Waals surface area contributed by atoms with E-state index in [1.807, 2.05) is 0 Å². The molecule has 0 aliphatic rings. The Morgan fingerprint density at radius 1 is 0.559 bits per heavy atom. The second-order valence-electron chi connectivity index (χ2n) is 6.00. The second-order valence-corrected chi connectivity index (χ2v) is 9.71. The van der Waals surface area contributed by atoms with Gasteiger partial charge in [0.25, 0.3) is 20.0 Å². The number of halogens is 15. The molecule has 1 rings (SSSR count). The van der Waals surface area contributed by atoms with Crippen LogP contribution in [0.1, 0.15) is 11.1 Å². The molecule has 0 saturated carbocycles. The Morgan fingerprint density at radius 3 is 1.18 bits per heavy atom. The van der Waals surface area contributed by atoms with Gasteiger partial charge in [0, 0.05) is 0 Å². The van der Waals surface area contributed by atoms with Crippen LogP contribution in [0.15, 0.2) is 23.1 Å². The summed E-state index contributed by atoms with van der Waals surface area (Å²) in [5, 5.41) is -7.81. The van der Waals surface area contributed by atoms with Crippen molar-refractivity contribution in [2.75, 3.05) is 0 Å². The third-order valence-corrected chi connectivity index (χ3v) is 7.43. The Kier molecular flexibility index (Phi) is 7.10. The van der Waals surface area contributed by atoms with Gasteiger partial charge in [0.1, 0.15) is 0 Å². The Labute approximate surface area is 177 Å². The molecular weight excluding hydrogens is 571 g/mol. The van der Waals surface area contributed by atoms with Crippen LogP contribution in [0, 0.1) is 0 Å². The number of nitrogens with one attached hydrogen (secondary N) is 1. The van der Waals surface area contributed by atoms with Crippen molar-refractivity contribution in [3.05, 3.63) is 29.3 Å². The first kappa shape index (κ1) is 30.1. The predicted octanol–water partition coefficient (Wildman–Crippen LogP) is 4.76. The average molecular weight is 575 g/mol. The fraction of sp³-hybridized carbons (Fsp3) is 0.500. The molecule has 0 saturated heterocycles. The highest BCUT2D eigenvalue weighted by atomic mass is 32.3. The van der Waals surface area contributed by atoms with Crippen molar-refractivity contribution in [1.82, 2.24) is 4.13 Å². The molecule has 0 fully saturated rings. The number of rotatable bonds is 5. The van der Waals surface area contributed by atoms with Gasteiger partial charge in [-0.15, -0.1) is 4.13 Å². The van der Waals surface area contributed by atoms with Crippen molar-refractivity contribution >= 4 is 20.0 Å². The highest BCUT2D eigenvalue weighted by Gasteiger charge is 2.87. The van der Waals surface area contributed by atoms with E-state index in [0.717, 1.165) is 0 Å². The summed E-state index contributed by atoms with van der Waals surface area (Å²) < 4.78 is 239. The zero-order chi connectivity index (χ0) is 27.6. The molecular formula is C12H4F15NO4S2. The fourth-order valence-corrected chi connectivity index (χ4v) is 5.33. The summed E-state index contributed by atoms with van der Waals surface area (Å²) in [6.45, 7) is 0. The maximum atomic E-state index is 14.1. The maximum Gasteiger partial charge on any atom is 0.458 e. The van der Waals surface area contributed by atoms with Crippen molar-refractivity contribution in [3.8, 4) is 0 Å². The van der Waals surface area contributed by atoms with Crippen LogP contribution in [0.4, 0.5) is 65.9 Å². The molecule has 0 radical (unpaired) electrons. The molecule has 0 aliphatic carbocycles. The molecule has 0 heterocycles. The number of sulfonamides is 2. The molecule has 34 heavy (non-hydrogen) atoms. The van der Waals surface area contributed by atoms with Crippen molar-refractivity contribution < 1.29 is 82.7 Å². The molecule has 0 aliphatic heterocycles. The Morgan fingerprint density at radius 2 is 0.912 bits per heavy atom. The topological polar surface area (TPSA) is 80.3 Å². The Bertz CT molecular complexity index is 1110. The summed E-state index contributed by atoms with van der Waals surface area (Å²) in [7, 11) is -15.0. The lowest BCUT2D eigenvalue weighted by atomic mass is 10.1. The van der Waals surface area contributed by atoms with Crippen LogP contribution in [0.25, 0.3) is 0 Å². The van der Waals surface area contributed by atoms with Crippen LogP contribution >= 0.6 is 0 Å². The molecule has 198 valence electrons. The van der Waals surface area contributed by atoms with E-state index in [1.165, 1.54) is 0 Å². The number of hydrogen-bond donors (Lipinski definition) is 1. The smallest absolute Gasteiger partial charge is 0.207 e. The molecule has 0 amide bonds. The zero-order valence-corrected chi connectivity index (χ0v) is 16.5. The van der Waals surface area contributed by atoms with E-state index in [2.05, 4.69) is 0 Å². The summed E-state index contributed by atoms with van der Waals surface area (Å²) in [5.41, 5.74) is -5.05. The van der Waals surface area contributed by atoms with Gasteiger partial charge in [0.15, 0.2) is 0 Å². The van der Waals surface area contributed by atoms with Crippen LogP contribution in [0.5, 0.6) is 0 Å². The van der Waals surface area contributed by atoms with Crippen LogP contribution in [0.2, 0.25) is 0 Å². The first-order valence-corrected chi connectivity index (χ1v) is 10.3. The lowest BCUT2D eigenvalue weighted by Gasteiger charge is -2.34. The summed E-state index contributed by atoms with van der Waals surface area (Å²) in [5.74, 6) is -7.93. The molecule has 0 spiro atoms. The standard InChI is InChI=1S/C12H4F15NO4S2/c13-7(14,15)4-1-5(8(16,17)18)3-6(2-4)33(29,30)28-34(31,32)10(21,12(25,26)27)9(19,20)11(22,23)24/h1-3,28H. The van der Waals surface area contributed by atoms with E-state index >= 15 is 0 Å². The highest BCUT2D eigenvalue weighted by Crippen LogP contribution is 2.55. The largest absolute Gasteiger partial charge is 0.458 e. The molecule has 0 aromatic heterocycles. The van der Waals surface area contributed by atoms with Crippen LogP contribution < -0.4 is 4.13 Å². The van der Waals surface area contributed by atoms with Gasteiger partial charge in [-0.2, -0.15) is 61.5 Å². The van der Waals surface area contributed by atoms with Crippen LogP contribution in [0.3, 0.4) is 0 Å². The molecule has 22 heteroatoms. The quantitative estimate of drug-likeness (QED) is 0.514. The monoisotopic (exact) mass is 575 g/mol. The number of benzene rings is 1. The van der Waals surface area contributed by atoms with E-state index < -0.39 is 94.0 Å². The first-order valence-electron chi connectivity index (χ1n) is 7.30. The summed E-state index contributed by atoms with van der Waals surface area (Å²) >= 11 is 0. The van der Waals surface area contributed by atoms with E-state index in [9.17, 15) is 82.7 Å². The minimum atomic E-state index is -8.19. The van der Waals surface area contributed by atoms with Gasteiger partial charge >= 0.3 is 35.6 Å². The first-order chi connectivity index (χ1) is 14.5. The molecule has 0 bridgehead atoms. The van der Waals surface area contributed by atoms with Crippen molar-refractivity contribution in [3.63, 3.8) is 0 Å². The zero-order valence-electron chi connectivity index (χ0n) is 14.9. The predicted molar refractivity (Wildman–Crippen MR) is 76.6 cm³/mol. The molecule has 1 N–H and O–H groups in total. The van der Waals surface area contributed by atoms with Crippen molar-refractivity contribution in [2.45, 2.75) is 40.5 Å². The van der Waals surface area contributed by atoms with Gasteiger partial charge in [-0.1, -0.05) is 0 Å². The van der Waals surface area contributed by atoms with Crippen molar-refractivity contribution in [2.24, 2.45) is 0 Å². The second kappa shape index (κ2) is 8.03. The van der Waals surface area contributed by atoms with Crippen molar-refractivity contribution in [1.29, 1.82) is 0 Å². The van der Waals surface area contributed by atoms with E-state index in [1.54, 1.807) is 0 Å².